The van der Waals surface area contributed by atoms with Gasteiger partial charge in [0.25, 0.3) is 11.8 Å². The van der Waals surface area contributed by atoms with E-state index in [1.54, 1.807) is 24.3 Å². The molecule has 5 rings (SSSR count). The average molecular weight is 504 g/mol. The molecule has 0 spiro atoms. The summed E-state index contributed by atoms with van der Waals surface area (Å²) in [7, 11) is 2.03. The molecule has 34 heavy (non-hydrogen) atoms. The molecule has 5 N–H and O–H groups in total. The zero-order valence-electron chi connectivity index (χ0n) is 18.5. The quantitative estimate of drug-likeness (QED) is 0.368. The Labute approximate surface area is 205 Å². The predicted octanol–water partition coefficient (Wildman–Crippen LogP) is 1.68. The first kappa shape index (κ1) is 23.3. The molecule has 1 fully saturated rings. The van der Waals surface area contributed by atoms with Crippen molar-refractivity contribution in [1.82, 2.24) is 25.5 Å². The number of aromatic amines is 1. The van der Waals surface area contributed by atoms with Crippen molar-refractivity contribution in [2.24, 2.45) is 0 Å². The van der Waals surface area contributed by atoms with Gasteiger partial charge in [-0.3, -0.25) is 9.59 Å². The number of hydrogen-bond acceptors (Lipinski definition) is 7. The Bertz CT molecular complexity index is 1240. The number of thiazole rings is 1. The summed E-state index contributed by atoms with van der Waals surface area (Å²) in [4.78, 5) is 36.8. The number of hydrogen-bond donors (Lipinski definition) is 5. The number of fused-ring (bicyclic) bond motifs is 2. The van der Waals surface area contributed by atoms with E-state index in [0.717, 1.165) is 41.0 Å². The van der Waals surface area contributed by atoms with E-state index in [2.05, 4.69) is 25.5 Å². The molecular weight excluding hydrogens is 478 g/mol. The van der Waals surface area contributed by atoms with Gasteiger partial charge in [0.1, 0.15) is 5.69 Å². The van der Waals surface area contributed by atoms with Crippen LogP contribution >= 0.6 is 22.9 Å². The van der Waals surface area contributed by atoms with Crippen LogP contribution in [0.25, 0.3) is 10.9 Å². The number of amides is 2. The summed E-state index contributed by atoms with van der Waals surface area (Å²) in [5, 5.41) is 28.1. The number of aliphatic hydroxyl groups is 2. The Balaban J connectivity index is 1.31. The van der Waals surface area contributed by atoms with Gasteiger partial charge in [-0.2, -0.15) is 0 Å². The summed E-state index contributed by atoms with van der Waals surface area (Å²) in [5.41, 5.74) is 2.08. The van der Waals surface area contributed by atoms with Gasteiger partial charge >= 0.3 is 0 Å². The molecule has 3 heterocycles. The lowest BCUT2D eigenvalue weighted by atomic mass is 9.86. The fraction of sp³-hybridized carbons (Fsp3) is 0.435. The molecule has 1 aromatic carbocycles. The number of aliphatic hydroxyl groups excluding tert-OH is 2. The number of nitrogens with zero attached hydrogens (tertiary/aromatic N) is 2. The maximum absolute atomic E-state index is 13.0. The number of carbonyl (C=O) groups is 2. The molecule has 1 aliphatic carbocycles. The number of H-pyrrole nitrogens is 1. The van der Waals surface area contributed by atoms with Gasteiger partial charge < -0.3 is 30.7 Å². The lowest BCUT2D eigenvalue weighted by Crippen LogP contribution is -2.59. The molecule has 2 aromatic heterocycles. The van der Waals surface area contributed by atoms with Crippen molar-refractivity contribution in [3.8, 4) is 0 Å². The van der Waals surface area contributed by atoms with Crippen LogP contribution in [0.15, 0.2) is 24.3 Å². The van der Waals surface area contributed by atoms with Crippen LogP contribution in [0, 0.1) is 0 Å². The van der Waals surface area contributed by atoms with Crippen molar-refractivity contribution in [3.63, 3.8) is 0 Å². The summed E-state index contributed by atoms with van der Waals surface area (Å²) in [6, 6.07) is 5.88. The van der Waals surface area contributed by atoms with E-state index < -0.39 is 24.3 Å². The topological polar surface area (TPSA) is 131 Å². The van der Waals surface area contributed by atoms with Crippen LogP contribution in [0.4, 0.5) is 0 Å². The number of halogens is 1. The van der Waals surface area contributed by atoms with E-state index in [-0.39, 0.29) is 24.7 Å². The van der Waals surface area contributed by atoms with E-state index in [1.165, 1.54) is 11.3 Å². The van der Waals surface area contributed by atoms with Gasteiger partial charge in [0.15, 0.2) is 5.01 Å². The van der Waals surface area contributed by atoms with Gasteiger partial charge in [-0.1, -0.05) is 11.6 Å². The molecule has 180 valence electrons. The maximum Gasteiger partial charge on any atom is 0.280 e. The number of nitrogens with one attached hydrogen (secondary N) is 3. The molecular formula is C23H26ClN5O4S. The van der Waals surface area contributed by atoms with Gasteiger partial charge in [0.05, 0.1) is 30.0 Å². The lowest BCUT2D eigenvalue weighted by Gasteiger charge is -2.37. The average Bonchev–Trinajstić information content (AvgIpc) is 3.40. The lowest BCUT2D eigenvalue weighted by molar-refractivity contribution is -0.0275. The zero-order chi connectivity index (χ0) is 24.0. The minimum Gasteiger partial charge on any atom is -0.390 e. The van der Waals surface area contributed by atoms with Crippen LogP contribution in [-0.4, -0.2) is 74.8 Å². The number of aromatic nitrogens is 2. The van der Waals surface area contributed by atoms with E-state index in [9.17, 15) is 19.8 Å². The van der Waals surface area contributed by atoms with Crippen molar-refractivity contribution in [1.29, 1.82) is 0 Å². The van der Waals surface area contributed by atoms with Crippen molar-refractivity contribution in [3.05, 3.63) is 50.6 Å². The van der Waals surface area contributed by atoms with Gasteiger partial charge in [-0.15, -0.1) is 11.3 Å². The first-order chi connectivity index (χ1) is 16.3. The van der Waals surface area contributed by atoms with Crippen molar-refractivity contribution >= 4 is 45.7 Å². The molecule has 9 nitrogen and oxygen atoms in total. The van der Waals surface area contributed by atoms with E-state index in [1.807, 2.05) is 7.05 Å². The molecule has 11 heteroatoms. The third-order valence-corrected chi connectivity index (χ3v) is 7.81. The van der Waals surface area contributed by atoms with Gasteiger partial charge in [-0.25, -0.2) is 4.98 Å². The SMILES string of the molecule is CN1CCc2nc(C(=O)N[C@@H]3CC(O)C(O)C[C@@H]3NC(=O)c3cc4cc(Cl)ccc4[nH]3)sc2C1. The molecule has 3 aromatic rings. The molecule has 4 atom stereocenters. The van der Waals surface area contributed by atoms with E-state index in [4.69, 9.17) is 11.6 Å². The van der Waals surface area contributed by atoms with Crippen molar-refractivity contribution in [2.45, 2.75) is 50.1 Å². The first-order valence-corrected chi connectivity index (χ1v) is 12.4. The van der Waals surface area contributed by atoms with Crippen molar-refractivity contribution < 1.29 is 19.8 Å². The molecule has 0 bridgehead atoms. The minimum absolute atomic E-state index is 0.114. The molecule has 1 saturated carbocycles. The second kappa shape index (κ2) is 9.27. The summed E-state index contributed by atoms with van der Waals surface area (Å²) < 4.78 is 0. The summed E-state index contributed by atoms with van der Waals surface area (Å²) in [6.45, 7) is 1.67. The molecule has 2 aliphatic rings. The predicted molar refractivity (Wildman–Crippen MR) is 129 cm³/mol. The maximum atomic E-state index is 13.0. The smallest absolute Gasteiger partial charge is 0.280 e. The zero-order valence-corrected chi connectivity index (χ0v) is 20.1. The second-order valence-electron chi connectivity index (χ2n) is 9.06. The normalized spacial score (nSPS) is 25.2. The van der Waals surface area contributed by atoms with Gasteiger partial charge in [-0.05, 0) is 44.2 Å². The molecule has 0 saturated heterocycles. The van der Waals surface area contributed by atoms with Gasteiger partial charge in [0.2, 0.25) is 0 Å². The summed E-state index contributed by atoms with van der Waals surface area (Å²) >= 11 is 7.41. The standard InChI is InChI=1S/C23H26ClN5O4S/c1-29-5-4-14-20(10-29)34-23(28-14)22(33)27-16-9-19(31)18(30)8-15(16)26-21(32)17-7-11-6-12(24)2-3-13(11)25-17/h2-3,6-7,15-16,18-19,25,30-31H,4-5,8-10H2,1H3,(H,26,32)(H,27,33)/t15-,16+,18?,19?/m0/s1. The monoisotopic (exact) mass is 503 g/mol. The van der Waals surface area contributed by atoms with E-state index in [0.29, 0.717) is 15.7 Å². The minimum atomic E-state index is -0.998. The Morgan fingerprint density at radius 3 is 2.59 bits per heavy atom. The summed E-state index contributed by atoms with van der Waals surface area (Å²) in [6.07, 6.45) is -0.954. The van der Waals surface area contributed by atoms with E-state index >= 15 is 0 Å². The highest BCUT2D eigenvalue weighted by atomic mass is 35.5. The number of benzene rings is 1. The van der Waals surface area contributed by atoms with Crippen LogP contribution in [-0.2, 0) is 13.0 Å². The molecule has 1 aliphatic heterocycles. The Hall–Kier alpha value is -2.50. The Kier molecular flexibility index (Phi) is 6.34. The fourth-order valence-electron chi connectivity index (χ4n) is 4.60. The molecule has 2 amide bonds. The fourth-order valence-corrected chi connectivity index (χ4v) is 5.88. The van der Waals surface area contributed by atoms with Crippen molar-refractivity contribution in [2.75, 3.05) is 13.6 Å². The number of carbonyl (C=O) groups excluding carboxylic acids is 2. The third-order valence-electron chi connectivity index (χ3n) is 6.50. The number of rotatable bonds is 4. The largest absolute Gasteiger partial charge is 0.390 e. The Morgan fingerprint density at radius 1 is 1.15 bits per heavy atom. The van der Waals surface area contributed by atoms with Gasteiger partial charge in [0, 0.05) is 40.3 Å². The van der Waals surface area contributed by atoms with Crippen LogP contribution in [0.2, 0.25) is 5.02 Å². The van der Waals surface area contributed by atoms with Crippen LogP contribution in [0.5, 0.6) is 0 Å². The first-order valence-electron chi connectivity index (χ1n) is 11.2. The third kappa shape index (κ3) is 4.69. The highest BCUT2D eigenvalue weighted by molar-refractivity contribution is 7.13. The number of likely N-dealkylation sites (N-methyl/N-ethyl adjacent to an activating group) is 1. The second-order valence-corrected chi connectivity index (χ2v) is 10.6. The Morgan fingerprint density at radius 2 is 1.85 bits per heavy atom. The highest BCUT2D eigenvalue weighted by Crippen LogP contribution is 2.26. The highest BCUT2D eigenvalue weighted by Gasteiger charge is 2.38. The van der Waals surface area contributed by atoms with Crippen LogP contribution in [0.3, 0.4) is 0 Å². The molecule has 2 unspecified atom stereocenters. The van der Waals surface area contributed by atoms with Crippen LogP contribution < -0.4 is 10.6 Å². The van der Waals surface area contributed by atoms with Crippen LogP contribution in [0.1, 0.15) is 43.7 Å². The molecule has 0 radical (unpaired) electrons. The summed E-state index contributed by atoms with van der Waals surface area (Å²) in [5.74, 6) is -0.706.